The van der Waals surface area contributed by atoms with E-state index in [4.69, 9.17) is 0 Å². The van der Waals surface area contributed by atoms with Crippen molar-refractivity contribution < 1.29 is 9.72 Å². The standard InChI is InChI=1S/C17H18N6O3/c1-13-16(23(25)26)11-19-22(13)9-6-17(24)20-15-5-2-4-14(10-15)12-21-8-3-7-18-21/h2-5,7-8,10-11H,6,9,12H2,1H3,(H,20,24). The van der Waals surface area contributed by atoms with Gasteiger partial charge in [0.2, 0.25) is 5.91 Å². The molecule has 1 N–H and O–H groups in total. The fourth-order valence-electron chi connectivity index (χ4n) is 2.60. The first-order valence-corrected chi connectivity index (χ1v) is 8.06. The van der Waals surface area contributed by atoms with E-state index in [9.17, 15) is 14.9 Å². The average Bonchev–Trinajstić information content (AvgIpc) is 3.23. The van der Waals surface area contributed by atoms with Crippen molar-refractivity contribution in [3.8, 4) is 0 Å². The van der Waals surface area contributed by atoms with Crippen LogP contribution in [0.5, 0.6) is 0 Å². The summed E-state index contributed by atoms with van der Waals surface area (Å²) in [6, 6.07) is 9.39. The highest BCUT2D eigenvalue weighted by Crippen LogP contribution is 2.17. The van der Waals surface area contributed by atoms with Gasteiger partial charge in [-0.2, -0.15) is 10.2 Å². The molecule has 0 atom stereocenters. The van der Waals surface area contributed by atoms with Gasteiger partial charge in [-0.15, -0.1) is 0 Å². The summed E-state index contributed by atoms with van der Waals surface area (Å²) in [5.41, 5.74) is 2.11. The molecule has 3 rings (SSSR count). The van der Waals surface area contributed by atoms with E-state index in [0.29, 0.717) is 17.9 Å². The van der Waals surface area contributed by atoms with Gasteiger partial charge in [0.15, 0.2) is 0 Å². The molecule has 0 spiro atoms. The Morgan fingerprint density at radius 2 is 2.15 bits per heavy atom. The summed E-state index contributed by atoms with van der Waals surface area (Å²) in [5.74, 6) is -0.182. The number of amides is 1. The molecular weight excluding hydrogens is 336 g/mol. The lowest BCUT2D eigenvalue weighted by Crippen LogP contribution is -2.15. The Morgan fingerprint density at radius 1 is 1.31 bits per heavy atom. The number of carbonyl (C=O) groups excluding carboxylic acids is 1. The highest BCUT2D eigenvalue weighted by Gasteiger charge is 2.16. The van der Waals surface area contributed by atoms with E-state index in [1.165, 1.54) is 10.9 Å². The second kappa shape index (κ2) is 7.60. The van der Waals surface area contributed by atoms with Crippen molar-refractivity contribution in [1.29, 1.82) is 0 Å². The summed E-state index contributed by atoms with van der Waals surface area (Å²) >= 11 is 0. The first kappa shape index (κ1) is 17.3. The molecule has 0 saturated carbocycles. The molecule has 0 fully saturated rings. The van der Waals surface area contributed by atoms with Gasteiger partial charge in [0.1, 0.15) is 11.9 Å². The fourth-order valence-corrected chi connectivity index (χ4v) is 2.60. The third-order valence-electron chi connectivity index (χ3n) is 3.94. The van der Waals surface area contributed by atoms with Crippen LogP contribution in [0.4, 0.5) is 11.4 Å². The largest absolute Gasteiger partial charge is 0.326 e. The first-order chi connectivity index (χ1) is 12.5. The molecule has 1 aromatic carbocycles. The van der Waals surface area contributed by atoms with Gasteiger partial charge in [0.05, 0.1) is 18.0 Å². The molecule has 26 heavy (non-hydrogen) atoms. The van der Waals surface area contributed by atoms with Gasteiger partial charge in [-0.3, -0.25) is 24.3 Å². The number of aryl methyl sites for hydroxylation is 1. The molecule has 3 aromatic rings. The van der Waals surface area contributed by atoms with Crippen LogP contribution in [0.1, 0.15) is 17.7 Å². The molecule has 1 amide bonds. The third kappa shape index (κ3) is 4.12. The van der Waals surface area contributed by atoms with Gasteiger partial charge in [-0.1, -0.05) is 12.1 Å². The number of anilines is 1. The van der Waals surface area contributed by atoms with E-state index in [0.717, 1.165) is 5.56 Å². The van der Waals surface area contributed by atoms with Crippen molar-refractivity contribution in [1.82, 2.24) is 19.6 Å². The van der Waals surface area contributed by atoms with Crippen LogP contribution < -0.4 is 5.32 Å². The number of hydrogen-bond donors (Lipinski definition) is 1. The molecular formula is C17H18N6O3. The second-order valence-electron chi connectivity index (χ2n) is 5.80. The molecule has 0 unspecified atom stereocenters. The number of nitrogens with zero attached hydrogens (tertiary/aromatic N) is 5. The number of benzene rings is 1. The minimum atomic E-state index is -0.482. The van der Waals surface area contributed by atoms with Crippen LogP contribution >= 0.6 is 0 Å². The minimum Gasteiger partial charge on any atom is -0.326 e. The smallest absolute Gasteiger partial charge is 0.309 e. The van der Waals surface area contributed by atoms with Crippen LogP contribution in [0.15, 0.2) is 48.9 Å². The van der Waals surface area contributed by atoms with Crippen molar-refractivity contribution in [2.75, 3.05) is 5.32 Å². The van der Waals surface area contributed by atoms with Gasteiger partial charge in [0.25, 0.3) is 0 Å². The van der Waals surface area contributed by atoms with Gasteiger partial charge in [-0.05, 0) is 30.7 Å². The highest BCUT2D eigenvalue weighted by molar-refractivity contribution is 5.90. The molecule has 9 nitrogen and oxygen atoms in total. The summed E-state index contributed by atoms with van der Waals surface area (Å²) in [6.45, 7) is 2.51. The van der Waals surface area contributed by atoms with E-state index in [1.807, 2.05) is 36.5 Å². The molecule has 134 valence electrons. The fraction of sp³-hybridized carbons (Fsp3) is 0.235. The van der Waals surface area contributed by atoms with Crippen LogP contribution in [0.2, 0.25) is 0 Å². The summed E-state index contributed by atoms with van der Waals surface area (Å²) in [5, 5.41) is 21.8. The maximum atomic E-state index is 12.2. The molecule has 2 heterocycles. The zero-order valence-electron chi connectivity index (χ0n) is 14.2. The molecule has 9 heteroatoms. The predicted octanol–water partition coefficient (Wildman–Crippen LogP) is 2.37. The van der Waals surface area contributed by atoms with Crippen molar-refractivity contribution >= 4 is 17.3 Å². The summed E-state index contributed by atoms with van der Waals surface area (Å²) in [7, 11) is 0. The van der Waals surface area contributed by atoms with Gasteiger partial charge >= 0.3 is 5.69 Å². The molecule has 0 radical (unpaired) electrons. The normalized spacial score (nSPS) is 10.7. The van der Waals surface area contributed by atoms with Crippen LogP contribution in [0.3, 0.4) is 0 Å². The van der Waals surface area contributed by atoms with Crippen molar-refractivity contribution in [2.45, 2.75) is 26.4 Å². The third-order valence-corrected chi connectivity index (χ3v) is 3.94. The number of carbonyl (C=O) groups is 1. The summed E-state index contributed by atoms with van der Waals surface area (Å²) in [6.07, 6.45) is 4.96. The Labute approximate surface area is 149 Å². The highest BCUT2D eigenvalue weighted by atomic mass is 16.6. The number of nitrogens with one attached hydrogen (secondary N) is 1. The van der Waals surface area contributed by atoms with Gasteiger partial charge in [-0.25, -0.2) is 0 Å². The lowest BCUT2D eigenvalue weighted by molar-refractivity contribution is -0.385. The molecule has 2 aromatic heterocycles. The number of aromatic nitrogens is 4. The van der Waals surface area contributed by atoms with Crippen LogP contribution in [-0.4, -0.2) is 30.4 Å². The monoisotopic (exact) mass is 354 g/mol. The molecule has 0 aliphatic heterocycles. The Hall–Kier alpha value is -3.49. The molecule has 0 aliphatic carbocycles. The van der Waals surface area contributed by atoms with Gasteiger partial charge in [0, 0.05) is 24.5 Å². The second-order valence-corrected chi connectivity index (χ2v) is 5.80. The van der Waals surface area contributed by atoms with Gasteiger partial charge < -0.3 is 5.32 Å². The quantitative estimate of drug-likeness (QED) is 0.518. The van der Waals surface area contributed by atoms with Crippen molar-refractivity contribution in [3.63, 3.8) is 0 Å². The Morgan fingerprint density at radius 3 is 2.85 bits per heavy atom. The summed E-state index contributed by atoms with van der Waals surface area (Å²) in [4.78, 5) is 22.5. The number of hydrogen-bond acceptors (Lipinski definition) is 5. The van der Waals surface area contributed by atoms with Crippen molar-refractivity contribution in [3.05, 3.63) is 70.3 Å². The molecule has 0 saturated heterocycles. The predicted molar refractivity (Wildman–Crippen MR) is 94.6 cm³/mol. The molecule has 0 bridgehead atoms. The number of rotatable bonds is 7. The Bertz CT molecular complexity index is 916. The topological polar surface area (TPSA) is 108 Å². The SMILES string of the molecule is Cc1c([N+](=O)[O-])cnn1CCC(=O)Nc1cccc(Cn2cccn2)c1. The zero-order chi connectivity index (χ0) is 18.5. The number of nitro groups is 1. The minimum absolute atomic E-state index is 0.0447. The Balaban J connectivity index is 1.57. The van der Waals surface area contributed by atoms with Crippen LogP contribution in [0.25, 0.3) is 0 Å². The van der Waals surface area contributed by atoms with E-state index in [-0.39, 0.29) is 24.6 Å². The average molecular weight is 354 g/mol. The van der Waals surface area contributed by atoms with E-state index in [1.54, 1.807) is 17.8 Å². The lowest BCUT2D eigenvalue weighted by Gasteiger charge is -2.08. The lowest BCUT2D eigenvalue weighted by atomic mass is 10.2. The maximum absolute atomic E-state index is 12.2. The van der Waals surface area contributed by atoms with Crippen LogP contribution in [-0.2, 0) is 17.9 Å². The Kier molecular flexibility index (Phi) is 5.07. The first-order valence-electron chi connectivity index (χ1n) is 8.06. The van der Waals surface area contributed by atoms with E-state index in [2.05, 4.69) is 15.5 Å². The maximum Gasteiger partial charge on any atom is 0.309 e. The van der Waals surface area contributed by atoms with Crippen LogP contribution in [0, 0.1) is 17.0 Å². The van der Waals surface area contributed by atoms with Crippen molar-refractivity contribution in [2.24, 2.45) is 0 Å². The van der Waals surface area contributed by atoms with E-state index >= 15 is 0 Å². The molecule has 0 aliphatic rings. The van der Waals surface area contributed by atoms with E-state index < -0.39 is 4.92 Å². The summed E-state index contributed by atoms with van der Waals surface area (Å²) < 4.78 is 3.26. The zero-order valence-corrected chi connectivity index (χ0v) is 14.2.